The summed E-state index contributed by atoms with van der Waals surface area (Å²) in [6.07, 6.45) is 4.96. The normalized spacial score (nSPS) is 19.9. The Morgan fingerprint density at radius 2 is 2.05 bits per heavy atom. The molecule has 1 aliphatic heterocycles. The lowest BCUT2D eigenvalue weighted by Gasteiger charge is -2.25. The van der Waals surface area contributed by atoms with Crippen LogP contribution in [0.2, 0.25) is 0 Å². The van der Waals surface area contributed by atoms with Gasteiger partial charge in [0, 0.05) is 39.3 Å². The Balaban J connectivity index is 2.43. The van der Waals surface area contributed by atoms with Crippen LogP contribution in [-0.4, -0.2) is 63.3 Å². The van der Waals surface area contributed by atoms with E-state index < -0.39 is 0 Å². The van der Waals surface area contributed by atoms with Crippen LogP contribution >= 0.6 is 0 Å². The average Bonchev–Trinajstić information content (AvgIpc) is 2.98. The minimum atomic E-state index is 0.604. The molecule has 5 nitrogen and oxygen atoms in total. The maximum absolute atomic E-state index is 5.21. The van der Waals surface area contributed by atoms with Crippen LogP contribution in [0.3, 0.4) is 0 Å². The van der Waals surface area contributed by atoms with Gasteiger partial charge in [-0.3, -0.25) is 9.89 Å². The molecule has 1 unspecified atom stereocenters. The lowest BCUT2D eigenvalue weighted by molar-refractivity contribution is 0.141. The van der Waals surface area contributed by atoms with E-state index in [1.807, 2.05) is 0 Å². The molecule has 1 fully saturated rings. The minimum Gasteiger partial charge on any atom is -0.383 e. The Labute approximate surface area is 136 Å². The number of hydrogen-bond donors (Lipinski definition) is 2. The van der Waals surface area contributed by atoms with Gasteiger partial charge in [0.2, 0.25) is 0 Å². The molecule has 0 aromatic carbocycles. The zero-order valence-corrected chi connectivity index (χ0v) is 15.0. The van der Waals surface area contributed by atoms with Gasteiger partial charge >= 0.3 is 0 Å². The Morgan fingerprint density at radius 3 is 2.68 bits per heavy atom. The number of methoxy groups -OCH3 is 1. The Bertz CT molecular complexity index is 305. The molecule has 5 heteroatoms. The summed E-state index contributed by atoms with van der Waals surface area (Å²) >= 11 is 0. The number of aliphatic imine (C=N–C) groups is 1. The highest BCUT2D eigenvalue weighted by Crippen LogP contribution is 2.15. The third kappa shape index (κ3) is 6.97. The molecular weight excluding hydrogens is 276 g/mol. The molecule has 130 valence electrons. The van der Waals surface area contributed by atoms with Gasteiger partial charge < -0.3 is 15.4 Å². The summed E-state index contributed by atoms with van der Waals surface area (Å²) in [7, 11) is 1.77. The van der Waals surface area contributed by atoms with Crippen molar-refractivity contribution < 1.29 is 4.74 Å². The van der Waals surface area contributed by atoms with Crippen molar-refractivity contribution in [3.63, 3.8) is 0 Å². The highest BCUT2D eigenvalue weighted by Gasteiger charge is 2.23. The SMILES string of the molecule is CCNC(=NCC(CC)CC)NCC1CCCN1CCOC. The lowest BCUT2D eigenvalue weighted by Crippen LogP contribution is -2.45. The third-order valence-electron chi connectivity index (χ3n) is 4.59. The van der Waals surface area contributed by atoms with Crippen LogP contribution in [0.1, 0.15) is 46.5 Å². The molecule has 0 aromatic heterocycles. The summed E-state index contributed by atoms with van der Waals surface area (Å²) in [5.74, 6) is 1.66. The van der Waals surface area contributed by atoms with Gasteiger partial charge in [-0.1, -0.05) is 26.7 Å². The van der Waals surface area contributed by atoms with Gasteiger partial charge in [-0.05, 0) is 32.2 Å². The quantitative estimate of drug-likeness (QED) is 0.479. The topological polar surface area (TPSA) is 48.9 Å². The highest BCUT2D eigenvalue weighted by atomic mass is 16.5. The Kier molecular flexibility index (Phi) is 10.2. The van der Waals surface area contributed by atoms with Crippen molar-refractivity contribution in [2.24, 2.45) is 10.9 Å². The van der Waals surface area contributed by atoms with Gasteiger partial charge in [-0.15, -0.1) is 0 Å². The second-order valence-electron chi connectivity index (χ2n) is 6.11. The molecule has 22 heavy (non-hydrogen) atoms. The second-order valence-corrected chi connectivity index (χ2v) is 6.11. The van der Waals surface area contributed by atoms with E-state index in [1.165, 1.54) is 32.2 Å². The third-order valence-corrected chi connectivity index (χ3v) is 4.59. The van der Waals surface area contributed by atoms with Crippen LogP contribution < -0.4 is 10.6 Å². The fourth-order valence-electron chi connectivity index (χ4n) is 2.95. The van der Waals surface area contributed by atoms with E-state index in [1.54, 1.807) is 7.11 Å². The van der Waals surface area contributed by atoms with Crippen LogP contribution in [-0.2, 0) is 4.74 Å². The van der Waals surface area contributed by atoms with Crippen LogP contribution in [0.25, 0.3) is 0 Å². The molecule has 0 saturated carbocycles. The number of rotatable bonds is 10. The number of hydrogen-bond acceptors (Lipinski definition) is 3. The van der Waals surface area contributed by atoms with E-state index in [4.69, 9.17) is 9.73 Å². The van der Waals surface area contributed by atoms with Gasteiger partial charge in [-0.2, -0.15) is 0 Å². The van der Waals surface area contributed by atoms with Crippen molar-refractivity contribution >= 4 is 5.96 Å². The molecule has 0 aliphatic carbocycles. The first kappa shape index (κ1) is 19.2. The molecule has 1 saturated heterocycles. The summed E-state index contributed by atoms with van der Waals surface area (Å²) in [5, 5.41) is 6.89. The fourth-order valence-corrected chi connectivity index (χ4v) is 2.95. The predicted octanol–water partition coefficient (Wildman–Crippen LogP) is 2.09. The molecule has 0 bridgehead atoms. The maximum Gasteiger partial charge on any atom is 0.191 e. The smallest absolute Gasteiger partial charge is 0.191 e. The average molecular weight is 313 g/mol. The monoisotopic (exact) mass is 312 g/mol. The second kappa shape index (κ2) is 11.7. The van der Waals surface area contributed by atoms with Gasteiger partial charge in [0.15, 0.2) is 5.96 Å². The Hall–Kier alpha value is -0.810. The molecule has 0 radical (unpaired) electrons. The molecule has 1 aliphatic rings. The van der Waals surface area contributed by atoms with Gasteiger partial charge in [0.05, 0.1) is 6.61 Å². The van der Waals surface area contributed by atoms with Crippen LogP contribution in [0.4, 0.5) is 0 Å². The molecule has 1 rings (SSSR count). The van der Waals surface area contributed by atoms with Crippen molar-refractivity contribution in [3.05, 3.63) is 0 Å². The van der Waals surface area contributed by atoms with Crippen LogP contribution in [0.15, 0.2) is 4.99 Å². The minimum absolute atomic E-state index is 0.604. The van der Waals surface area contributed by atoms with Crippen molar-refractivity contribution in [3.8, 4) is 0 Å². The van der Waals surface area contributed by atoms with Crippen molar-refractivity contribution in [2.45, 2.75) is 52.5 Å². The number of guanidine groups is 1. The summed E-state index contributed by atoms with van der Waals surface area (Å²) in [4.78, 5) is 7.28. The van der Waals surface area contributed by atoms with E-state index in [2.05, 4.69) is 36.3 Å². The molecular formula is C17H36N4O. The van der Waals surface area contributed by atoms with E-state index in [0.29, 0.717) is 12.0 Å². The first-order chi connectivity index (χ1) is 10.7. The lowest BCUT2D eigenvalue weighted by atomic mass is 10.0. The van der Waals surface area contributed by atoms with Gasteiger partial charge in [-0.25, -0.2) is 0 Å². The predicted molar refractivity (Wildman–Crippen MR) is 94.5 cm³/mol. The zero-order valence-electron chi connectivity index (χ0n) is 15.0. The number of nitrogens with one attached hydrogen (secondary N) is 2. The maximum atomic E-state index is 5.21. The summed E-state index contributed by atoms with van der Waals surface area (Å²) in [6.45, 7) is 12.5. The summed E-state index contributed by atoms with van der Waals surface area (Å²) < 4.78 is 5.21. The van der Waals surface area contributed by atoms with Crippen molar-refractivity contribution in [1.82, 2.24) is 15.5 Å². The van der Waals surface area contributed by atoms with Crippen LogP contribution in [0.5, 0.6) is 0 Å². The number of likely N-dealkylation sites (tertiary alicyclic amines) is 1. The molecule has 0 aromatic rings. The largest absolute Gasteiger partial charge is 0.383 e. The highest BCUT2D eigenvalue weighted by molar-refractivity contribution is 5.79. The van der Waals surface area contributed by atoms with E-state index in [-0.39, 0.29) is 0 Å². The molecule has 2 N–H and O–H groups in total. The molecule has 1 atom stereocenters. The molecule has 1 heterocycles. The van der Waals surface area contributed by atoms with E-state index >= 15 is 0 Å². The molecule has 0 spiro atoms. The van der Waals surface area contributed by atoms with Crippen molar-refractivity contribution in [1.29, 1.82) is 0 Å². The number of nitrogens with zero attached hydrogens (tertiary/aromatic N) is 2. The fraction of sp³-hybridized carbons (Fsp3) is 0.941. The van der Waals surface area contributed by atoms with Crippen LogP contribution in [0, 0.1) is 5.92 Å². The summed E-state index contributed by atoms with van der Waals surface area (Å²) in [5.41, 5.74) is 0. The standard InChI is InChI=1S/C17H36N4O/c1-5-15(6-2)13-19-17(18-7-3)20-14-16-9-8-10-21(16)11-12-22-4/h15-16H,5-14H2,1-4H3,(H2,18,19,20). The molecule has 0 amide bonds. The zero-order chi connectivity index (χ0) is 16.2. The van der Waals surface area contributed by atoms with Gasteiger partial charge in [0.25, 0.3) is 0 Å². The Morgan fingerprint density at radius 1 is 1.27 bits per heavy atom. The summed E-state index contributed by atoms with van der Waals surface area (Å²) in [6, 6.07) is 0.604. The van der Waals surface area contributed by atoms with Gasteiger partial charge in [0.1, 0.15) is 0 Å². The van der Waals surface area contributed by atoms with E-state index in [9.17, 15) is 0 Å². The first-order valence-electron chi connectivity index (χ1n) is 9.00. The van der Waals surface area contributed by atoms with Crippen molar-refractivity contribution in [2.75, 3.05) is 46.4 Å². The number of ether oxygens (including phenoxy) is 1. The van der Waals surface area contributed by atoms with E-state index in [0.717, 1.165) is 38.7 Å². The first-order valence-corrected chi connectivity index (χ1v) is 9.00.